The van der Waals surface area contributed by atoms with Crippen LogP contribution in [0.15, 0.2) is 24.3 Å². The molecule has 0 aliphatic carbocycles. The van der Waals surface area contributed by atoms with Gasteiger partial charge in [-0.3, -0.25) is 4.79 Å². The highest BCUT2D eigenvalue weighted by Crippen LogP contribution is 2.13. The number of aliphatic hydroxyl groups excluding tert-OH is 1. The number of carbonyl (C=O) groups excluding carboxylic acids is 1. The number of benzene rings is 1. The first kappa shape index (κ1) is 12.5. The van der Waals surface area contributed by atoms with E-state index in [2.05, 4.69) is 0 Å². The van der Waals surface area contributed by atoms with E-state index in [0.717, 1.165) is 0 Å². The fourth-order valence-electron chi connectivity index (χ4n) is 1.21. The predicted molar refractivity (Wildman–Crippen MR) is 61.7 cm³/mol. The van der Waals surface area contributed by atoms with E-state index in [-0.39, 0.29) is 12.5 Å². The van der Waals surface area contributed by atoms with E-state index in [0.29, 0.717) is 24.3 Å². The van der Waals surface area contributed by atoms with Crippen LogP contribution in [-0.2, 0) is 0 Å². The van der Waals surface area contributed by atoms with Crippen molar-refractivity contribution in [3.63, 3.8) is 0 Å². The van der Waals surface area contributed by atoms with Crippen LogP contribution in [0.3, 0.4) is 0 Å². The molecule has 0 bridgehead atoms. The Hall–Kier alpha value is -1.55. The molecule has 0 heterocycles. The number of carbonyl (C=O) groups is 1. The molecule has 0 aliphatic rings. The van der Waals surface area contributed by atoms with Gasteiger partial charge in [-0.1, -0.05) is 0 Å². The molecule has 1 N–H and O–H groups in total. The Morgan fingerprint density at radius 2 is 1.94 bits per heavy atom. The van der Waals surface area contributed by atoms with E-state index in [9.17, 15) is 4.79 Å². The normalized spacial score (nSPS) is 9.94. The molecule has 0 radical (unpaired) electrons. The van der Waals surface area contributed by atoms with Gasteiger partial charge in [0, 0.05) is 32.7 Å². The van der Waals surface area contributed by atoms with E-state index in [1.165, 1.54) is 4.90 Å². The molecule has 88 valence electrons. The lowest BCUT2D eigenvalue weighted by Gasteiger charge is -2.10. The highest BCUT2D eigenvalue weighted by Gasteiger charge is 2.06. The molecule has 0 saturated heterocycles. The summed E-state index contributed by atoms with van der Waals surface area (Å²) in [5.74, 6) is 0.686. The number of aliphatic hydroxyl groups is 1. The minimum absolute atomic E-state index is 0.0260. The first-order chi connectivity index (χ1) is 7.65. The zero-order valence-corrected chi connectivity index (χ0v) is 9.64. The van der Waals surface area contributed by atoms with Crippen molar-refractivity contribution in [1.29, 1.82) is 0 Å². The van der Waals surface area contributed by atoms with Crippen LogP contribution in [0.1, 0.15) is 16.8 Å². The number of ether oxygens (including phenoxy) is 1. The van der Waals surface area contributed by atoms with Crippen LogP contribution in [0, 0.1) is 0 Å². The predicted octanol–water partition coefficient (Wildman–Crippen LogP) is 1.15. The van der Waals surface area contributed by atoms with Gasteiger partial charge >= 0.3 is 0 Å². The summed E-state index contributed by atoms with van der Waals surface area (Å²) in [6.07, 6.45) is 0.610. The van der Waals surface area contributed by atoms with Crippen molar-refractivity contribution in [1.82, 2.24) is 4.90 Å². The Morgan fingerprint density at radius 3 is 2.44 bits per heavy atom. The van der Waals surface area contributed by atoms with Crippen molar-refractivity contribution in [2.24, 2.45) is 0 Å². The monoisotopic (exact) mass is 223 g/mol. The summed E-state index contributed by atoms with van der Waals surface area (Å²) in [4.78, 5) is 13.1. The quantitative estimate of drug-likeness (QED) is 0.762. The Morgan fingerprint density at radius 1 is 1.31 bits per heavy atom. The van der Waals surface area contributed by atoms with Gasteiger partial charge in [-0.05, 0) is 24.3 Å². The first-order valence-corrected chi connectivity index (χ1v) is 5.20. The van der Waals surface area contributed by atoms with Gasteiger partial charge in [0.25, 0.3) is 5.91 Å². The molecule has 0 aliphatic heterocycles. The second-order valence-corrected chi connectivity index (χ2v) is 3.65. The molecule has 0 spiro atoms. The summed E-state index contributed by atoms with van der Waals surface area (Å²) >= 11 is 0. The molecule has 1 aromatic rings. The van der Waals surface area contributed by atoms with Crippen molar-refractivity contribution < 1.29 is 14.6 Å². The highest BCUT2D eigenvalue weighted by molar-refractivity contribution is 5.93. The van der Waals surface area contributed by atoms with Gasteiger partial charge < -0.3 is 14.7 Å². The minimum Gasteiger partial charge on any atom is -0.494 e. The Labute approximate surface area is 95.5 Å². The average molecular weight is 223 g/mol. The molecule has 4 nitrogen and oxygen atoms in total. The van der Waals surface area contributed by atoms with Crippen LogP contribution in [0.4, 0.5) is 0 Å². The van der Waals surface area contributed by atoms with E-state index in [1.807, 2.05) is 0 Å². The van der Waals surface area contributed by atoms with Crippen molar-refractivity contribution in [3.05, 3.63) is 29.8 Å². The molecule has 0 saturated carbocycles. The lowest BCUT2D eigenvalue weighted by atomic mass is 10.2. The molecule has 1 rings (SSSR count). The topological polar surface area (TPSA) is 49.8 Å². The van der Waals surface area contributed by atoms with Crippen LogP contribution in [0.2, 0.25) is 0 Å². The molecule has 1 aromatic carbocycles. The zero-order valence-electron chi connectivity index (χ0n) is 9.64. The smallest absolute Gasteiger partial charge is 0.253 e. The van der Waals surface area contributed by atoms with Gasteiger partial charge in [0.15, 0.2) is 0 Å². The van der Waals surface area contributed by atoms with Crippen molar-refractivity contribution in [2.75, 3.05) is 27.3 Å². The third-order valence-corrected chi connectivity index (χ3v) is 2.08. The van der Waals surface area contributed by atoms with E-state index < -0.39 is 0 Å². The number of amides is 1. The zero-order chi connectivity index (χ0) is 12.0. The second-order valence-electron chi connectivity index (χ2n) is 3.65. The van der Waals surface area contributed by atoms with Gasteiger partial charge in [0.2, 0.25) is 0 Å². The standard InChI is InChI=1S/C12H17NO3/c1-13(2)12(15)10-4-6-11(7-5-10)16-9-3-8-14/h4-7,14H,3,8-9H2,1-2H3. The van der Waals surface area contributed by atoms with Crippen LogP contribution < -0.4 is 4.74 Å². The van der Waals surface area contributed by atoms with Gasteiger partial charge in [0.05, 0.1) is 6.61 Å². The molecule has 16 heavy (non-hydrogen) atoms. The number of hydrogen-bond acceptors (Lipinski definition) is 3. The molecular formula is C12H17NO3. The lowest BCUT2D eigenvalue weighted by molar-refractivity contribution is 0.0827. The molecule has 0 aromatic heterocycles. The first-order valence-electron chi connectivity index (χ1n) is 5.20. The van der Waals surface area contributed by atoms with E-state index >= 15 is 0 Å². The molecule has 0 unspecified atom stereocenters. The second kappa shape index (κ2) is 6.12. The molecular weight excluding hydrogens is 206 g/mol. The molecule has 4 heteroatoms. The molecule has 0 fully saturated rings. The summed E-state index contributed by atoms with van der Waals surface area (Å²) in [5.41, 5.74) is 0.638. The Kier molecular flexibility index (Phi) is 4.79. The summed E-state index contributed by atoms with van der Waals surface area (Å²) in [6, 6.07) is 6.98. The summed E-state index contributed by atoms with van der Waals surface area (Å²) in [6.45, 7) is 0.606. The molecule has 1 amide bonds. The maximum Gasteiger partial charge on any atom is 0.253 e. The van der Waals surface area contributed by atoms with Crippen LogP contribution >= 0.6 is 0 Å². The van der Waals surface area contributed by atoms with Gasteiger partial charge in [-0.2, -0.15) is 0 Å². The van der Waals surface area contributed by atoms with Gasteiger partial charge in [0.1, 0.15) is 5.75 Å². The van der Waals surface area contributed by atoms with E-state index in [4.69, 9.17) is 9.84 Å². The summed E-state index contributed by atoms with van der Waals surface area (Å²) in [7, 11) is 3.43. The highest BCUT2D eigenvalue weighted by atomic mass is 16.5. The lowest BCUT2D eigenvalue weighted by Crippen LogP contribution is -2.21. The number of rotatable bonds is 5. The maximum absolute atomic E-state index is 11.6. The van der Waals surface area contributed by atoms with Crippen LogP contribution in [-0.4, -0.2) is 43.2 Å². The number of hydrogen-bond donors (Lipinski definition) is 1. The maximum atomic E-state index is 11.6. The SMILES string of the molecule is CN(C)C(=O)c1ccc(OCCCO)cc1. The fraction of sp³-hybridized carbons (Fsp3) is 0.417. The fourth-order valence-corrected chi connectivity index (χ4v) is 1.21. The summed E-state index contributed by atoms with van der Waals surface area (Å²) < 4.78 is 5.36. The third-order valence-electron chi connectivity index (χ3n) is 2.08. The van der Waals surface area contributed by atoms with Crippen LogP contribution in [0.5, 0.6) is 5.75 Å². The molecule has 0 atom stereocenters. The summed E-state index contributed by atoms with van der Waals surface area (Å²) in [5, 5.41) is 8.59. The minimum atomic E-state index is -0.0260. The van der Waals surface area contributed by atoms with Gasteiger partial charge in [-0.25, -0.2) is 0 Å². The van der Waals surface area contributed by atoms with Crippen molar-refractivity contribution in [2.45, 2.75) is 6.42 Å². The van der Waals surface area contributed by atoms with E-state index in [1.54, 1.807) is 38.4 Å². The largest absolute Gasteiger partial charge is 0.494 e. The third kappa shape index (κ3) is 3.55. The van der Waals surface area contributed by atoms with Crippen molar-refractivity contribution in [3.8, 4) is 5.75 Å². The Bertz CT molecular complexity index is 333. The van der Waals surface area contributed by atoms with Gasteiger partial charge in [-0.15, -0.1) is 0 Å². The Balaban J connectivity index is 2.57. The average Bonchev–Trinajstić information content (AvgIpc) is 2.29. The number of nitrogens with zero attached hydrogens (tertiary/aromatic N) is 1. The van der Waals surface area contributed by atoms with Crippen molar-refractivity contribution >= 4 is 5.91 Å². The van der Waals surface area contributed by atoms with Crippen LogP contribution in [0.25, 0.3) is 0 Å².